The van der Waals surface area contributed by atoms with E-state index in [1.165, 1.54) is 16.2 Å². The predicted octanol–water partition coefficient (Wildman–Crippen LogP) is 5.66. The Kier molecular flexibility index (Phi) is 7.56. The van der Waals surface area contributed by atoms with E-state index in [4.69, 9.17) is 0 Å². The molecule has 182 valence electrons. The van der Waals surface area contributed by atoms with Crippen LogP contribution < -0.4 is 4.90 Å². The Labute approximate surface area is 204 Å². The van der Waals surface area contributed by atoms with E-state index in [1.807, 2.05) is 36.4 Å². The normalized spacial score (nSPS) is 21.3. The van der Waals surface area contributed by atoms with Crippen molar-refractivity contribution < 1.29 is 24.6 Å². The van der Waals surface area contributed by atoms with Crippen molar-refractivity contribution in [1.82, 2.24) is 4.90 Å². The fourth-order valence-corrected chi connectivity index (χ4v) is 6.08. The van der Waals surface area contributed by atoms with Gasteiger partial charge in [-0.15, -0.1) is 11.3 Å². The number of likely N-dealkylation sites (tertiary alicyclic amines) is 1. The number of carbonyl (C=O) groups excluding carboxylic acids is 1. The van der Waals surface area contributed by atoms with Gasteiger partial charge in [0.1, 0.15) is 4.88 Å². The number of carboxylic acids is 1. The van der Waals surface area contributed by atoms with Crippen LogP contribution in [0.3, 0.4) is 0 Å². The maximum absolute atomic E-state index is 13.8. The molecule has 2 heterocycles. The molecule has 7 nitrogen and oxygen atoms in total. The zero-order chi connectivity index (χ0) is 24.2. The van der Waals surface area contributed by atoms with Crippen molar-refractivity contribution in [1.29, 1.82) is 0 Å². The number of nitrogens with zero attached hydrogens (tertiary/aromatic N) is 2. The molecule has 8 heteroatoms. The lowest BCUT2D eigenvalue weighted by Gasteiger charge is -2.36. The molecule has 2 aliphatic rings. The number of carboxylic acid groups (broad SMARTS) is 2. The van der Waals surface area contributed by atoms with Gasteiger partial charge in [0, 0.05) is 30.4 Å². The van der Waals surface area contributed by atoms with Crippen molar-refractivity contribution in [3.8, 4) is 10.4 Å². The first-order chi connectivity index (χ1) is 16.3. The van der Waals surface area contributed by atoms with Gasteiger partial charge in [-0.3, -0.25) is 4.79 Å². The number of aromatic carboxylic acids is 1. The fraction of sp³-hybridized carbons (Fsp3) is 0.500. The highest BCUT2D eigenvalue weighted by atomic mass is 32.1. The summed E-state index contributed by atoms with van der Waals surface area (Å²) in [7, 11) is 0. The Hall–Kier alpha value is -2.87. The van der Waals surface area contributed by atoms with Crippen LogP contribution in [0.2, 0.25) is 0 Å². The Morgan fingerprint density at radius 2 is 1.65 bits per heavy atom. The van der Waals surface area contributed by atoms with Gasteiger partial charge >= 0.3 is 12.1 Å². The molecule has 0 radical (unpaired) electrons. The van der Waals surface area contributed by atoms with Crippen molar-refractivity contribution in [3.63, 3.8) is 0 Å². The second-order valence-electron chi connectivity index (χ2n) is 9.61. The number of benzene rings is 1. The van der Waals surface area contributed by atoms with Crippen LogP contribution in [0.5, 0.6) is 0 Å². The number of thiophene rings is 1. The lowest BCUT2D eigenvalue weighted by molar-refractivity contribution is -0.123. The summed E-state index contributed by atoms with van der Waals surface area (Å²) in [6.07, 6.45) is 4.07. The average molecular weight is 485 g/mol. The zero-order valence-corrected chi connectivity index (χ0v) is 20.3. The van der Waals surface area contributed by atoms with Crippen molar-refractivity contribution in [2.24, 2.45) is 17.8 Å². The Morgan fingerprint density at radius 3 is 2.24 bits per heavy atom. The second-order valence-corrected chi connectivity index (χ2v) is 10.7. The van der Waals surface area contributed by atoms with Gasteiger partial charge in [0.2, 0.25) is 5.91 Å². The standard InChI is InChI=1S/C26H32N2O5S/c1-17-7-9-20(10-8-17)24(29)28(16-18-11-13-27(14-12-18)26(32)33)21-15-22(34-23(21)25(30)31)19-5-3-2-4-6-19/h2-6,15,17-18,20H,7-14,16H2,1H3,(H,30,31)(H,32,33). The largest absolute Gasteiger partial charge is 0.477 e. The smallest absolute Gasteiger partial charge is 0.407 e. The molecule has 1 aromatic heterocycles. The number of hydrogen-bond donors (Lipinski definition) is 2. The molecule has 1 saturated carbocycles. The molecular formula is C26H32N2O5S. The minimum atomic E-state index is -1.03. The third kappa shape index (κ3) is 5.43. The van der Waals surface area contributed by atoms with Crippen LogP contribution in [0.4, 0.5) is 10.5 Å². The molecule has 2 N–H and O–H groups in total. The third-order valence-corrected chi connectivity index (χ3v) is 8.37. The summed E-state index contributed by atoms with van der Waals surface area (Å²) < 4.78 is 0. The van der Waals surface area contributed by atoms with Crippen molar-refractivity contribution in [2.75, 3.05) is 24.5 Å². The average Bonchev–Trinajstić information content (AvgIpc) is 3.29. The number of amides is 2. The zero-order valence-electron chi connectivity index (χ0n) is 19.5. The third-order valence-electron chi connectivity index (χ3n) is 7.21. The summed E-state index contributed by atoms with van der Waals surface area (Å²) in [5.41, 5.74) is 1.40. The van der Waals surface area contributed by atoms with E-state index in [1.54, 1.807) is 4.90 Å². The summed E-state index contributed by atoms with van der Waals surface area (Å²) >= 11 is 1.20. The number of carbonyl (C=O) groups is 3. The predicted molar refractivity (Wildman–Crippen MR) is 133 cm³/mol. The van der Waals surface area contributed by atoms with Crippen LogP contribution in [0.15, 0.2) is 36.4 Å². The van der Waals surface area contributed by atoms with Crippen LogP contribution in [0.1, 0.15) is 55.1 Å². The van der Waals surface area contributed by atoms with E-state index in [-0.39, 0.29) is 22.6 Å². The van der Waals surface area contributed by atoms with E-state index in [2.05, 4.69) is 6.92 Å². The summed E-state index contributed by atoms with van der Waals surface area (Å²) in [5, 5.41) is 19.3. The number of rotatable bonds is 6. The fourth-order valence-electron chi connectivity index (χ4n) is 5.08. The lowest BCUT2D eigenvalue weighted by atomic mass is 9.82. The van der Waals surface area contributed by atoms with Gasteiger partial charge in [-0.2, -0.15) is 0 Å². The minimum Gasteiger partial charge on any atom is -0.477 e. The van der Waals surface area contributed by atoms with Gasteiger partial charge in [-0.1, -0.05) is 37.3 Å². The highest BCUT2D eigenvalue weighted by Crippen LogP contribution is 2.40. The Bertz CT molecular complexity index is 1020. The quantitative estimate of drug-likeness (QED) is 0.551. The van der Waals surface area contributed by atoms with Gasteiger partial charge in [0.25, 0.3) is 0 Å². The van der Waals surface area contributed by atoms with E-state index in [9.17, 15) is 24.6 Å². The lowest BCUT2D eigenvalue weighted by Crippen LogP contribution is -2.45. The number of piperidine rings is 1. The molecule has 2 amide bonds. The number of hydrogen-bond acceptors (Lipinski definition) is 4. The highest BCUT2D eigenvalue weighted by Gasteiger charge is 2.34. The Balaban J connectivity index is 1.65. The molecule has 1 aliphatic heterocycles. The maximum Gasteiger partial charge on any atom is 0.407 e. The van der Waals surface area contributed by atoms with Crippen LogP contribution in [-0.2, 0) is 4.79 Å². The summed E-state index contributed by atoms with van der Waals surface area (Å²) in [5.74, 6) is -0.385. The van der Waals surface area contributed by atoms with Crippen LogP contribution in [-0.4, -0.2) is 52.7 Å². The summed E-state index contributed by atoms with van der Waals surface area (Å²) in [6.45, 7) is 3.51. The molecule has 0 atom stereocenters. The molecule has 34 heavy (non-hydrogen) atoms. The first-order valence-corrected chi connectivity index (χ1v) is 12.9. The van der Waals surface area contributed by atoms with Crippen LogP contribution in [0, 0.1) is 17.8 Å². The van der Waals surface area contributed by atoms with Gasteiger partial charge in [-0.05, 0) is 62.0 Å². The SMILES string of the molecule is CC1CCC(C(=O)N(CC2CCN(C(=O)O)CC2)c2cc(-c3ccccc3)sc2C(=O)O)CC1. The van der Waals surface area contributed by atoms with Crippen molar-refractivity contribution >= 4 is 35.0 Å². The Morgan fingerprint density at radius 1 is 1.00 bits per heavy atom. The second kappa shape index (κ2) is 10.6. The van der Waals surface area contributed by atoms with Gasteiger partial charge < -0.3 is 20.0 Å². The van der Waals surface area contributed by atoms with Gasteiger partial charge in [0.05, 0.1) is 5.69 Å². The van der Waals surface area contributed by atoms with Gasteiger partial charge in [-0.25, -0.2) is 9.59 Å². The molecule has 1 saturated heterocycles. The van der Waals surface area contributed by atoms with E-state index >= 15 is 0 Å². The van der Waals surface area contributed by atoms with E-state index in [0.717, 1.165) is 36.1 Å². The number of anilines is 1. The van der Waals surface area contributed by atoms with Gasteiger partial charge in [0.15, 0.2) is 0 Å². The first-order valence-electron chi connectivity index (χ1n) is 12.0. The molecular weight excluding hydrogens is 452 g/mol. The summed E-state index contributed by atoms with van der Waals surface area (Å²) in [6, 6.07) is 11.5. The molecule has 4 rings (SSSR count). The molecule has 1 aliphatic carbocycles. The van der Waals surface area contributed by atoms with Crippen LogP contribution in [0.25, 0.3) is 10.4 Å². The molecule has 0 unspecified atom stereocenters. The van der Waals surface area contributed by atoms with Crippen molar-refractivity contribution in [2.45, 2.75) is 45.4 Å². The molecule has 2 fully saturated rings. The topological polar surface area (TPSA) is 98.2 Å². The van der Waals surface area contributed by atoms with E-state index in [0.29, 0.717) is 44.1 Å². The molecule has 0 spiro atoms. The first kappa shape index (κ1) is 24.3. The monoisotopic (exact) mass is 484 g/mol. The van der Waals surface area contributed by atoms with Crippen LogP contribution >= 0.6 is 11.3 Å². The molecule has 1 aromatic carbocycles. The van der Waals surface area contributed by atoms with E-state index < -0.39 is 12.1 Å². The summed E-state index contributed by atoms with van der Waals surface area (Å²) in [4.78, 5) is 41.5. The minimum absolute atomic E-state index is 0.00692. The van der Waals surface area contributed by atoms with Crippen molar-refractivity contribution in [3.05, 3.63) is 41.3 Å². The maximum atomic E-state index is 13.8. The molecule has 0 bridgehead atoms. The molecule has 2 aromatic rings. The highest BCUT2D eigenvalue weighted by molar-refractivity contribution is 7.18.